The molecule has 0 aliphatic heterocycles. The van der Waals surface area contributed by atoms with E-state index in [0.717, 1.165) is 5.69 Å². The van der Waals surface area contributed by atoms with Crippen molar-refractivity contribution in [2.24, 2.45) is 0 Å². The minimum atomic E-state index is 0.439. The fraction of sp³-hybridized carbons (Fsp3) is 0.125. The topological polar surface area (TPSA) is 69.6 Å². The van der Waals surface area contributed by atoms with Gasteiger partial charge < -0.3 is 10.3 Å². The van der Waals surface area contributed by atoms with Crippen molar-refractivity contribution in [1.82, 2.24) is 19.5 Å². The molecular weight excluding hydrogens is 166 g/mol. The van der Waals surface area contributed by atoms with Crippen molar-refractivity contribution in [2.45, 2.75) is 6.54 Å². The number of nitrogen functional groups attached to an aromatic ring is 1. The van der Waals surface area contributed by atoms with E-state index in [2.05, 4.69) is 15.0 Å². The predicted molar refractivity (Wildman–Crippen MR) is 47.8 cm³/mol. The second-order valence-corrected chi connectivity index (χ2v) is 2.67. The van der Waals surface area contributed by atoms with Gasteiger partial charge in [-0.2, -0.15) is 0 Å². The molecule has 0 atom stereocenters. The van der Waals surface area contributed by atoms with E-state index in [9.17, 15) is 0 Å². The van der Waals surface area contributed by atoms with E-state index in [4.69, 9.17) is 5.73 Å². The van der Waals surface area contributed by atoms with Crippen molar-refractivity contribution in [3.8, 4) is 0 Å². The summed E-state index contributed by atoms with van der Waals surface area (Å²) < 4.78 is 1.92. The van der Waals surface area contributed by atoms with Gasteiger partial charge in [0, 0.05) is 12.4 Å². The van der Waals surface area contributed by atoms with Crippen LogP contribution in [0.2, 0.25) is 0 Å². The lowest BCUT2D eigenvalue weighted by Crippen LogP contribution is -2.01. The summed E-state index contributed by atoms with van der Waals surface area (Å²) in [4.78, 5) is 12.0. The maximum atomic E-state index is 5.41. The van der Waals surface area contributed by atoms with Crippen LogP contribution in [0.1, 0.15) is 5.69 Å². The van der Waals surface area contributed by atoms with Crippen LogP contribution in [0, 0.1) is 0 Å². The van der Waals surface area contributed by atoms with E-state index in [-0.39, 0.29) is 0 Å². The zero-order valence-electron chi connectivity index (χ0n) is 6.96. The molecule has 0 aliphatic rings. The molecule has 2 heterocycles. The first-order valence-electron chi connectivity index (χ1n) is 3.87. The van der Waals surface area contributed by atoms with Gasteiger partial charge in [0.25, 0.3) is 0 Å². The lowest BCUT2D eigenvalue weighted by molar-refractivity contribution is 0.768. The molecule has 0 unspecified atom stereocenters. The molecule has 2 rings (SSSR count). The standard InChI is InChI=1S/C8H9N5/c9-8-4-11-7(3-12-8)5-13-2-1-10-6-13/h1-4,6H,5H2,(H2,9,12). The fourth-order valence-electron chi connectivity index (χ4n) is 1.01. The fourth-order valence-corrected chi connectivity index (χ4v) is 1.01. The highest BCUT2D eigenvalue weighted by molar-refractivity contribution is 5.22. The quantitative estimate of drug-likeness (QED) is 0.712. The highest BCUT2D eigenvalue weighted by Crippen LogP contribution is 1.98. The molecule has 0 fully saturated rings. The van der Waals surface area contributed by atoms with E-state index in [1.54, 1.807) is 24.9 Å². The predicted octanol–water partition coefficient (Wildman–Crippen LogP) is 0.304. The molecule has 0 amide bonds. The third kappa shape index (κ3) is 1.81. The molecule has 0 saturated carbocycles. The molecule has 0 radical (unpaired) electrons. The van der Waals surface area contributed by atoms with Crippen molar-refractivity contribution in [2.75, 3.05) is 5.73 Å². The third-order valence-electron chi connectivity index (χ3n) is 1.63. The van der Waals surface area contributed by atoms with Crippen LogP contribution in [0.25, 0.3) is 0 Å². The van der Waals surface area contributed by atoms with Crippen molar-refractivity contribution < 1.29 is 0 Å². The summed E-state index contributed by atoms with van der Waals surface area (Å²) in [7, 11) is 0. The lowest BCUT2D eigenvalue weighted by Gasteiger charge is -2.00. The largest absolute Gasteiger partial charge is 0.382 e. The number of nitrogens with two attached hydrogens (primary N) is 1. The van der Waals surface area contributed by atoms with Crippen LogP contribution in [-0.4, -0.2) is 19.5 Å². The molecule has 2 aromatic rings. The molecule has 0 aliphatic carbocycles. The van der Waals surface area contributed by atoms with Crippen molar-refractivity contribution >= 4 is 5.82 Å². The zero-order valence-corrected chi connectivity index (χ0v) is 6.96. The molecule has 13 heavy (non-hydrogen) atoms. The summed E-state index contributed by atoms with van der Waals surface area (Å²) in [6, 6.07) is 0. The highest BCUT2D eigenvalue weighted by atomic mass is 15.0. The van der Waals surface area contributed by atoms with E-state index >= 15 is 0 Å². The van der Waals surface area contributed by atoms with Gasteiger partial charge in [0.2, 0.25) is 0 Å². The van der Waals surface area contributed by atoms with Crippen LogP contribution < -0.4 is 5.73 Å². The summed E-state index contributed by atoms with van der Waals surface area (Å²) in [5, 5.41) is 0. The van der Waals surface area contributed by atoms with Crippen LogP contribution in [0.3, 0.4) is 0 Å². The van der Waals surface area contributed by atoms with Crippen LogP contribution in [0.15, 0.2) is 31.1 Å². The average Bonchev–Trinajstić information content (AvgIpc) is 2.62. The Morgan fingerprint density at radius 1 is 1.31 bits per heavy atom. The molecule has 5 nitrogen and oxygen atoms in total. The Morgan fingerprint density at radius 2 is 2.23 bits per heavy atom. The Kier molecular flexibility index (Phi) is 1.91. The van der Waals surface area contributed by atoms with Crippen LogP contribution in [0.4, 0.5) is 5.82 Å². The Hall–Kier alpha value is -1.91. The Bertz CT molecular complexity index is 364. The second kappa shape index (κ2) is 3.22. The van der Waals surface area contributed by atoms with Gasteiger partial charge >= 0.3 is 0 Å². The number of anilines is 1. The van der Waals surface area contributed by atoms with Gasteiger partial charge in [0.15, 0.2) is 0 Å². The van der Waals surface area contributed by atoms with Gasteiger partial charge in [0.05, 0.1) is 31.0 Å². The van der Waals surface area contributed by atoms with Crippen molar-refractivity contribution in [3.05, 3.63) is 36.8 Å². The summed E-state index contributed by atoms with van der Waals surface area (Å²) in [6.45, 7) is 0.674. The first-order chi connectivity index (χ1) is 6.34. The summed E-state index contributed by atoms with van der Waals surface area (Å²) in [5.74, 6) is 0.439. The van der Waals surface area contributed by atoms with Gasteiger partial charge in [-0.05, 0) is 0 Å². The second-order valence-electron chi connectivity index (χ2n) is 2.67. The SMILES string of the molecule is Nc1cnc(Cn2ccnc2)cn1. The smallest absolute Gasteiger partial charge is 0.141 e. The minimum absolute atomic E-state index is 0.439. The molecule has 66 valence electrons. The third-order valence-corrected chi connectivity index (χ3v) is 1.63. The van der Waals surface area contributed by atoms with E-state index in [1.165, 1.54) is 0 Å². The van der Waals surface area contributed by atoms with Crippen LogP contribution in [-0.2, 0) is 6.54 Å². The number of rotatable bonds is 2. The number of hydrogen-bond acceptors (Lipinski definition) is 4. The van der Waals surface area contributed by atoms with Gasteiger partial charge in [-0.1, -0.05) is 0 Å². The number of nitrogens with zero attached hydrogens (tertiary/aromatic N) is 4. The molecule has 5 heteroatoms. The maximum Gasteiger partial charge on any atom is 0.141 e. The van der Waals surface area contributed by atoms with Crippen LogP contribution in [0.5, 0.6) is 0 Å². The van der Waals surface area contributed by atoms with E-state index in [1.807, 2.05) is 10.8 Å². The van der Waals surface area contributed by atoms with Crippen molar-refractivity contribution in [3.63, 3.8) is 0 Å². The average molecular weight is 175 g/mol. The molecule has 0 bridgehead atoms. The first kappa shape index (κ1) is 7.72. The number of hydrogen-bond donors (Lipinski definition) is 1. The van der Waals surface area contributed by atoms with E-state index < -0.39 is 0 Å². The van der Waals surface area contributed by atoms with Gasteiger partial charge in [-0.3, -0.25) is 4.98 Å². The first-order valence-corrected chi connectivity index (χ1v) is 3.87. The normalized spacial score (nSPS) is 10.2. The monoisotopic (exact) mass is 175 g/mol. The molecule has 0 aromatic carbocycles. The van der Waals surface area contributed by atoms with Crippen LogP contribution >= 0.6 is 0 Å². The molecule has 0 saturated heterocycles. The number of aromatic nitrogens is 4. The lowest BCUT2D eigenvalue weighted by atomic mass is 10.4. The summed E-state index contributed by atoms with van der Waals surface area (Å²) in [6.07, 6.45) is 8.54. The van der Waals surface area contributed by atoms with Gasteiger partial charge in [0.1, 0.15) is 5.82 Å². The maximum absolute atomic E-state index is 5.41. The molecule has 0 spiro atoms. The Morgan fingerprint density at radius 3 is 2.85 bits per heavy atom. The zero-order chi connectivity index (χ0) is 9.10. The highest BCUT2D eigenvalue weighted by Gasteiger charge is 1.95. The Balaban J connectivity index is 2.15. The van der Waals surface area contributed by atoms with Gasteiger partial charge in [-0.15, -0.1) is 0 Å². The van der Waals surface area contributed by atoms with Gasteiger partial charge in [-0.25, -0.2) is 9.97 Å². The molecule has 2 N–H and O–H groups in total. The summed E-state index contributed by atoms with van der Waals surface area (Å²) in [5.41, 5.74) is 6.28. The Labute approximate surface area is 75.3 Å². The van der Waals surface area contributed by atoms with E-state index in [0.29, 0.717) is 12.4 Å². The number of imidazole rings is 1. The summed E-state index contributed by atoms with van der Waals surface area (Å²) >= 11 is 0. The molecule has 2 aromatic heterocycles. The van der Waals surface area contributed by atoms with Crippen molar-refractivity contribution in [1.29, 1.82) is 0 Å². The minimum Gasteiger partial charge on any atom is -0.382 e. The molecular formula is C8H9N5.